The number of aromatic carboxylic acids is 1. The van der Waals surface area contributed by atoms with E-state index in [9.17, 15) is 23.1 Å². The van der Waals surface area contributed by atoms with E-state index in [-0.39, 0.29) is 11.4 Å². The highest BCUT2D eigenvalue weighted by molar-refractivity contribution is 5.87. The monoisotopic (exact) mass is 310 g/mol. The van der Waals surface area contributed by atoms with Gasteiger partial charge in [0.2, 0.25) is 0 Å². The summed E-state index contributed by atoms with van der Waals surface area (Å²) in [7, 11) is 0. The van der Waals surface area contributed by atoms with Crippen molar-refractivity contribution in [2.24, 2.45) is 0 Å². The average Bonchev–Trinajstić information content (AvgIpc) is 2.86. The minimum atomic E-state index is -4.45. The highest BCUT2D eigenvalue weighted by atomic mass is 19.4. The third-order valence-corrected chi connectivity index (χ3v) is 3.80. The van der Waals surface area contributed by atoms with Gasteiger partial charge in [-0.05, 0) is 43.9 Å². The van der Waals surface area contributed by atoms with Gasteiger partial charge in [0.25, 0.3) is 0 Å². The number of hydrogen-bond donors (Lipinski definition) is 1. The number of carbonyl (C=O) groups is 1. The smallest absolute Gasteiger partial charge is 0.416 e. The van der Waals surface area contributed by atoms with Gasteiger partial charge >= 0.3 is 12.1 Å². The summed E-state index contributed by atoms with van der Waals surface area (Å²) in [6.07, 6.45) is -1.50. The van der Waals surface area contributed by atoms with Crippen LogP contribution in [0, 0.1) is 0 Å². The first-order chi connectivity index (χ1) is 10.4. The molecule has 22 heavy (non-hydrogen) atoms. The number of benzene rings is 1. The Labute approximate surface area is 124 Å². The number of rotatable bonds is 2. The molecule has 1 N–H and O–H groups in total. The molecule has 0 spiro atoms. The largest absolute Gasteiger partial charge is 0.476 e. The van der Waals surface area contributed by atoms with Crippen LogP contribution in [0.1, 0.15) is 40.2 Å². The first-order valence-corrected chi connectivity index (χ1v) is 6.89. The summed E-state index contributed by atoms with van der Waals surface area (Å²) in [6, 6.07) is 4.78. The summed E-state index contributed by atoms with van der Waals surface area (Å²) in [4.78, 5) is 11.3. The van der Waals surface area contributed by atoms with Crippen LogP contribution in [0.4, 0.5) is 13.2 Å². The fraction of sp³-hybridized carbons (Fsp3) is 0.333. The number of aromatic nitrogens is 2. The Morgan fingerprint density at radius 1 is 1.23 bits per heavy atom. The molecule has 0 amide bonds. The summed E-state index contributed by atoms with van der Waals surface area (Å²) in [6.45, 7) is 0. The van der Waals surface area contributed by atoms with E-state index in [1.54, 1.807) is 0 Å². The molecule has 0 unspecified atom stereocenters. The molecule has 7 heteroatoms. The van der Waals surface area contributed by atoms with Crippen LogP contribution in [0.25, 0.3) is 5.69 Å². The van der Waals surface area contributed by atoms with Crippen LogP contribution in [0.15, 0.2) is 24.3 Å². The zero-order chi connectivity index (χ0) is 15.9. The van der Waals surface area contributed by atoms with E-state index >= 15 is 0 Å². The Morgan fingerprint density at radius 3 is 2.64 bits per heavy atom. The van der Waals surface area contributed by atoms with Gasteiger partial charge in [-0.3, -0.25) is 0 Å². The van der Waals surface area contributed by atoms with E-state index in [0.717, 1.165) is 25.0 Å². The molecule has 4 nitrogen and oxygen atoms in total. The van der Waals surface area contributed by atoms with E-state index in [0.29, 0.717) is 24.1 Å². The highest BCUT2D eigenvalue weighted by Gasteiger charge is 2.31. The number of nitrogens with zero attached hydrogens (tertiary/aromatic N) is 2. The number of carboxylic acids is 1. The van der Waals surface area contributed by atoms with Crippen LogP contribution in [0.3, 0.4) is 0 Å². The lowest BCUT2D eigenvalue weighted by molar-refractivity contribution is -0.137. The Morgan fingerprint density at radius 2 is 1.95 bits per heavy atom. The second-order valence-electron chi connectivity index (χ2n) is 5.25. The van der Waals surface area contributed by atoms with Gasteiger partial charge < -0.3 is 5.11 Å². The number of fused-ring (bicyclic) bond motifs is 1. The summed E-state index contributed by atoms with van der Waals surface area (Å²) < 4.78 is 39.8. The molecule has 0 fully saturated rings. The molecule has 1 aromatic heterocycles. The molecule has 0 atom stereocenters. The van der Waals surface area contributed by atoms with Crippen molar-refractivity contribution in [3.8, 4) is 5.69 Å². The second-order valence-corrected chi connectivity index (χ2v) is 5.25. The van der Waals surface area contributed by atoms with Crippen LogP contribution in [0.5, 0.6) is 0 Å². The maximum Gasteiger partial charge on any atom is 0.416 e. The van der Waals surface area contributed by atoms with Crippen LogP contribution < -0.4 is 0 Å². The number of carboxylic acid groups (broad SMARTS) is 1. The van der Waals surface area contributed by atoms with Crippen LogP contribution in [-0.4, -0.2) is 20.9 Å². The molecule has 1 aliphatic rings. The predicted molar refractivity (Wildman–Crippen MR) is 72.2 cm³/mol. The second kappa shape index (κ2) is 5.15. The molecular weight excluding hydrogens is 297 g/mol. The third kappa shape index (κ3) is 2.47. The van der Waals surface area contributed by atoms with Crippen molar-refractivity contribution in [2.45, 2.75) is 31.9 Å². The highest BCUT2D eigenvalue weighted by Crippen LogP contribution is 2.32. The minimum Gasteiger partial charge on any atom is -0.476 e. The van der Waals surface area contributed by atoms with Crippen LogP contribution in [-0.2, 0) is 19.0 Å². The van der Waals surface area contributed by atoms with Gasteiger partial charge in [0.05, 0.1) is 11.3 Å². The van der Waals surface area contributed by atoms with Gasteiger partial charge in [-0.15, -0.1) is 0 Å². The number of alkyl halides is 3. The van der Waals surface area contributed by atoms with Crippen molar-refractivity contribution in [2.75, 3.05) is 0 Å². The number of halogens is 3. The molecular formula is C15H13F3N2O2. The summed E-state index contributed by atoms with van der Waals surface area (Å²) >= 11 is 0. The van der Waals surface area contributed by atoms with Gasteiger partial charge in [-0.2, -0.15) is 18.3 Å². The molecule has 0 bridgehead atoms. The predicted octanol–water partition coefficient (Wildman–Crippen LogP) is 3.47. The average molecular weight is 310 g/mol. The summed E-state index contributed by atoms with van der Waals surface area (Å²) in [5.41, 5.74) is 0.730. The van der Waals surface area contributed by atoms with Gasteiger partial charge in [-0.25, -0.2) is 9.48 Å². The fourth-order valence-corrected chi connectivity index (χ4v) is 2.80. The van der Waals surface area contributed by atoms with Crippen molar-refractivity contribution >= 4 is 5.97 Å². The molecule has 0 saturated carbocycles. The zero-order valence-electron chi connectivity index (χ0n) is 11.5. The molecule has 116 valence electrons. The molecule has 1 aliphatic carbocycles. The van der Waals surface area contributed by atoms with E-state index in [4.69, 9.17) is 0 Å². The first kappa shape index (κ1) is 14.6. The molecule has 0 saturated heterocycles. The summed E-state index contributed by atoms with van der Waals surface area (Å²) in [5, 5.41) is 13.3. The van der Waals surface area contributed by atoms with Gasteiger partial charge in [0.15, 0.2) is 5.69 Å². The van der Waals surface area contributed by atoms with Crippen molar-refractivity contribution in [3.63, 3.8) is 0 Å². The Bertz CT molecular complexity index is 735. The van der Waals surface area contributed by atoms with Gasteiger partial charge in [0, 0.05) is 11.3 Å². The Hall–Kier alpha value is -2.31. The standard InChI is InChI=1S/C15H13F3N2O2/c16-15(17,18)9-4-3-5-10(8-9)20-12-7-2-1-6-11(12)13(19-20)14(21)22/h3-5,8H,1-2,6-7H2,(H,21,22). The molecule has 2 aromatic rings. The lowest BCUT2D eigenvalue weighted by Gasteiger charge is -2.15. The maximum absolute atomic E-state index is 12.8. The van der Waals surface area contributed by atoms with E-state index in [1.807, 2.05) is 0 Å². The molecule has 3 rings (SSSR count). The SMILES string of the molecule is O=C(O)c1nn(-c2cccc(C(F)(F)F)c2)c2c1CCCC2. The molecule has 0 radical (unpaired) electrons. The fourth-order valence-electron chi connectivity index (χ4n) is 2.80. The van der Waals surface area contributed by atoms with Crippen LogP contribution >= 0.6 is 0 Å². The minimum absolute atomic E-state index is 0.0629. The quantitative estimate of drug-likeness (QED) is 0.924. The molecule has 1 heterocycles. The van der Waals surface area contributed by atoms with E-state index in [1.165, 1.54) is 16.8 Å². The molecule has 0 aliphatic heterocycles. The lowest BCUT2D eigenvalue weighted by atomic mass is 9.95. The van der Waals surface area contributed by atoms with Crippen molar-refractivity contribution in [1.82, 2.24) is 9.78 Å². The topological polar surface area (TPSA) is 55.1 Å². The zero-order valence-corrected chi connectivity index (χ0v) is 11.5. The third-order valence-electron chi connectivity index (χ3n) is 3.80. The Kier molecular flexibility index (Phi) is 3.42. The van der Waals surface area contributed by atoms with Crippen molar-refractivity contribution < 1.29 is 23.1 Å². The van der Waals surface area contributed by atoms with E-state index < -0.39 is 17.7 Å². The van der Waals surface area contributed by atoms with Crippen molar-refractivity contribution in [3.05, 3.63) is 46.8 Å². The first-order valence-electron chi connectivity index (χ1n) is 6.89. The van der Waals surface area contributed by atoms with Gasteiger partial charge in [-0.1, -0.05) is 6.07 Å². The maximum atomic E-state index is 12.8. The van der Waals surface area contributed by atoms with Crippen molar-refractivity contribution in [1.29, 1.82) is 0 Å². The van der Waals surface area contributed by atoms with Gasteiger partial charge in [0.1, 0.15) is 0 Å². The Balaban J connectivity index is 2.15. The van der Waals surface area contributed by atoms with Crippen LogP contribution in [0.2, 0.25) is 0 Å². The molecule has 1 aromatic carbocycles. The normalized spacial score (nSPS) is 14.7. The summed E-state index contributed by atoms with van der Waals surface area (Å²) in [5.74, 6) is -1.15. The van der Waals surface area contributed by atoms with E-state index in [2.05, 4.69) is 5.10 Å². The lowest BCUT2D eigenvalue weighted by Crippen LogP contribution is -2.10. The number of hydrogen-bond acceptors (Lipinski definition) is 2.